The van der Waals surface area contributed by atoms with Crippen molar-refractivity contribution in [3.8, 4) is 22.8 Å². The third-order valence-electron chi connectivity index (χ3n) is 5.58. The number of aromatic nitrogens is 4. The summed E-state index contributed by atoms with van der Waals surface area (Å²) in [6, 6.07) is 15.0. The van der Waals surface area contributed by atoms with Gasteiger partial charge in [-0.2, -0.15) is 4.98 Å². The molecular weight excluding hydrogens is 464 g/mol. The van der Waals surface area contributed by atoms with Crippen LogP contribution in [0, 0.1) is 20.8 Å². The summed E-state index contributed by atoms with van der Waals surface area (Å²) in [4.78, 5) is 26.6. The third kappa shape index (κ3) is 5.26. The second kappa shape index (κ2) is 9.60. The molecule has 0 saturated carbocycles. The number of hydrogen-bond acceptors (Lipinski definition) is 6. The first kappa shape index (κ1) is 24.6. The van der Waals surface area contributed by atoms with Crippen molar-refractivity contribution < 1.29 is 9.84 Å². The molecule has 0 aliphatic rings. The summed E-state index contributed by atoms with van der Waals surface area (Å²) in [5, 5.41) is 10.7. The molecule has 0 saturated heterocycles. The van der Waals surface area contributed by atoms with E-state index in [4.69, 9.17) is 16.3 Å². The minimum Gasteiger partial charge on any atom is -0.472 e. The van der Waals surface area contributed by atoms with Crippen LogP contribution in [0.25, 0.3) is 16.9 Å². The molecule has 0 aliphatic carbocycles. The average molecular weight is 491 g/mol. The first-order valence-corrected chi connectivity index (χ1v) is 11.6. The molecule has 0 amide bonds. The van der Waals surface area contributed by atoms with Crippen molar-refractivity contribution in [1.82, 2.24) is 19.5 Å². The third-order valence-corrected chi connectivity index (χ3v) is 5.89. The number of nitrogens with zero attached hydrogens (tertiary/aromatic N) is 4. The largest absolute Gasteiger partial charge is 0.472 e. The van der Waals surface area contributed by atoms with Crippen molar-refractivity contribution in [2.75, 3.05) is 0 Å². The van der Waals surface area contributed by atoms with Gasteiger partial charge in [-0.1, -0.05) is 47.5 Å². The molecule has 7 nitrogen and oxygen atoms in total. The Morgan fingerprint density at radius 1 is 1.06 bits per heavy atom. The highest BCUT2D eigenvalue weighted by molar-refractivity contribution is 6.32. The smallest absolute Gasteiger partial charge is 0.264 e. The van der Waals surface area contributed by atoms with Gasteiger partial charge in [0.15, 0.2) is 5.82 Å². The monoisotopic (exact) mass is 490 g/mol. The minimum absolute atomic E-state index is 0.268. The van der Waals surface area contributed by atoms with E-state index >= 15 is 0 Å². The van der Waals surface area contributed by atoms with E-state index in [2.05, 4.69) is 15.0 Å². The summed E-state index contributed by atoms with van der Waals surface area (Å²) in [5.41, 5.74) is 2.87. The van der Waals surface area contributed by atoms with Crippen molar-refractivity contribution in [2.45, 2.75) is 46.8 Å². The summed E-state index contributed by atoms with van der Waals surface area (Å²) in [6.07, 6.45) is 1.59. The predicted octanol–water partition coefficient (Wildman–Crippen LogP) is 5.07. The van der Waals surface area contributed by atoms with E-state index < -0.39 is 5.60 Å². The van der Waals surface area contributed by atoms with Gasteiger partial charge in [0.05, 0.1) is 22.0 Å². The summed E-state index contributed by atoms with van der Waals surface area (Å²) < 4.78 is 7.37. The fourth-order valence-electron chi connectivity index (χ4n) is 3.72. The lowest BCUT2D eigenvalue weighted by Gasteiger charge is -2.17. The fraction of sp³-hybridized carbons (Fsp3) is 0.259. The maximum atomic E-state index is 13.4. The van der Waals surface area contributed by atoms with Crippen LogP contribution in [0.5, 0.6) is 5.88 Å². The molecule has 2 aromatic carbocycles. The molecular formula is C27H27ClN4O3. The molecule has 0 radical (unpaired) electrons. The number of rotatable bonds is 6. The zero-order valence-electron chi connectivity index (χ0n) is 20.3. The van der Waals surface area contributed by atoms with Crippen LogP contribution in [0.15, 0.2) is 59.5 Å². The molecule has 0 fully saturated rings. The molecule has 2 aromatic heterocycles. The Labute approximate surface area is 209 Å². The van der Waals surface area contributed by atoms with Crippen LogP contribution in [-0.4, -0.2) is 24.6 Å². The van der Waals surface area contributed by atoms with Crippen LogP contribution in [0.4, 0.5) is 0 Å². The molecule has 1 N–H and O–H groups in total. The van der Waals surface area contributed by atoms with Gasteiger partial charge < -0.3 is 9.84 Å². The van der Waals surface area contributed by atoms with E-state index in [0.29, 0.717) is 46.1 Å². The molecule has 0 bridgehead atoms. The maximum Gasteiger partial charge on any atom is 0.264 e. The first-order valence-electron chi connectivity index (χ1n) is 11.2. The van der Waals surface area contributed by atoms with Gasteiger partial charge in [0, 0.05) is 11.8 Å². The Balaban J connectivity index is 1.72. The quantitative estimate of drug-likeness (QED) is 0.405. The van der Waals surface area contributed by atoms with Gasteiger partial charge in [-0.05, 0) is 58.4 Å². The van der Waals surface area contributed by atoms with Crippen LogP contribution >= 0.6 is 11.6 Å². The lowest BCUT2D eigenvalue weighted by atomic mass is 10.1. The number of aryl methyl sites for hydroxylation is 2. The average Bonchev–Trinajstić information content (AvgIpc) is 2.81. The van der Waals surface area contributed by atoms with Crippen LogP contribution in [-0.2, 0) is 12.2 Å². The second-order valence-electron chi connectivity index (χ2n) is 9.00. The Bertz CT molecular complexity index is 1460. The molecule has 0 atom stereocenters. The van der Waals surface area contributed by atoms with Gasteiger partial charge in [0.2, 0.25) is 5.88 Å². The van der Waals surface area contributed by atoms with Gasteiger partial charge in [-0.25, -0.2) is 9.97 Å². The van der Waals surface area contributed by atoms with E-state index in [0.717, 1.165) is 16.7 Å². The molecule has 0 aliphatic heterocycles. The molecule has 0 spiro atoms. The van der Waals surface area contributed by atoms with E-state index in [1.807, 2.05) is 37.3 Å². The number of benzene rings is 2. The molecule has 2 heterocycles. The van der Waals surface area contributed by atoms with E-state index in [1.54, 1.807) is 52.1 Å². The Morgan fingerprint density at radius 2 is 1.83 bits per heavy atom. The fourth-order valence-corrected chi connectivity index (χ4v) is 3.92. The van der Waals surface area contributed by atoms with E-state index in [-0.39, 0.29) is 5.56 Å². The zero-order chi connectivity index (χ0) is 25.3. The topological polar surface area (TPSA) is 90.1 Å². The Morgan fingerprint density at radius 3 is 2.54 bits per heavy atom. The summed E-state index contributed by atoms with van der Waals surface area (Å²) >= 11 is 6.52. The SMILES string of the molecule is Cc1cccc(COc2nc(C)n(-c3cc(-c4ccnc(C(C)(C)O)n4)ccc3Cl)c(=O)c2C)c1. The van der Waals surface area contributed by atoms with Gasteiger partial charge >= 0.3 is 0 Å². The standard InChI is InChI=1S/C27H27ClN4O3/c1-16-7-6-8-19(13-16)15-35-24-17(2)25(33)32(18(3)30-24)23-14-20(9-10-21(23)28)22-11-12-29-26(31-22)27(4,5)34/h6-14,34H,15H2,1-5H3. The predicted molar refractivity (Wildman–Crippen MR) is 136 cm³/mol. The van der Waals surface area contributed by atoms with E-state index in [1.165, 1.54) is 4.57 Å². The molecule has 4 rings (SSSR count). The van der Waals surface area contributed by atoms with Crippen molar-refractivity contribution in [3.05, 3.63) is 98.4 Å². The summed E-state index contributed by atoms with van der Waals surface area (Å²) in [7, 11) is 0. The highest BCUT2D eigenvalue weighted by atomic mass is 35.5. The lowest BCUT2D eigenvalue weighted by molar-refractivity contribution is 0.0688. The van der Waals surface area contributed by atoms with Crippen molar-refractivity contribution in [2.24, 2.45) is 0 Å². The molecule has 180 valence electrons. The molecule has 35 heavy (non-hydrogen) atoms. The second-order valence-corrected chi connectivity index (χ2v) is 9.41. The highest BCUT2D eigenvalue weighted by Crippen LogP contribution is 2.28. The maximum absolute atomic E-state index is 13.4. The summed E-state index contributed by atoms with van der Waals surface area (Å²) in [5.74, 6) is 1.04. The lowest BCUT2D eigenvalue weighted by Crippen LogP contribution is -2.25. The Kier molecular flexibility index (Phi) is 6.74. The van der Waals surface area contributed by atoms with Gasteiger partial charge in [0.1, 0.15) is 18.0 Å². The van der Waals surface area contributed by atoms with Crippen LogP contribution in [0.1, 0.15) is 42.2 Å². The van der Waals surface area contributed by atoms with Crippen LogP contribution in [0.3, 0.4) is 0 Å². The van der Waals surface area contributed by atoms with Gasteiger partial charge in [-0.15, -0.1) is 0 Å². The number of hydrogen-bond donors (Lipinski definition) is 1. The van der Waals surface area contributed by atoms with Crippen molar-refractivity contribution in [3.63, 3.8) is 0 Å². The zero-order valence-corrected chi connectivity index (χ0v) is 21.1. The Hall–Kier alpha value is -3.55. The first-order chi connectivity index (χ1) is 16.5. The normalized spacial score (nSPS) is 11.5. The summed E-state index contributed by atoms with van der Waals surface area (Å²) in [6.45, 7) is 9.00. The van der Waals surface area contributed by atoms with Crippen molar-refractivity contribution in [1.29, 1.82) is 0 Å². The molecule has 8 heteroatoms. The van der Waals surface area contributed by atoms with Crippen LogP contribution < -0.4 is 10.3 Å². The van der Waals surface area contributed by atoms with Gasteiger partial charge in [-0.3, -0.25) is 9.36 Å². The van der Waals surface area contributed by atoms with Crippen LogP contribution in [0.2, 0.25) is 5.02 Å². The van der Waals surface area contributed by atoms with E-state index in [9.17, 15) is 9.90 Å². The number of halogens is 1. The minimum atomic E-state index is -1.19. The van der Waals surface area contributed by atoms with Crippen molar-refractivity contribution >= 4 is 11.6 Å². The highest BCUT2D eigenvalue weighted by Gasteiger charge is 2.21. The molecule has 4 aromatic rings. The molecule has 0 unspecified atom stereocenters. The number of aliphatic hydroxyl groups is 1. The van der Waals surface area contributed by atoms with Gasteiger partial charge in [0.25, 0.3) is 5.56 Å². The number of ether oxygens (including phenoxy) is 1.